The number of anilines is 2. The first kappa shape index (κ1) is 39.2. The zero-order valence-electron chi connectivity index (χ0n) is 30.9. The molecule has 0 N–H and O–H groups in total. The summed E-state index contributed by atoms with van der Waals surface area (Å²) in [5.74, 6) is 0.509. The Morgan fingerprint density at radius 1 is 1.02 bits per heavy atom. The SMILES string of the molecule is COc1ccc(CN(c2ccncn2)S(=O)(=O)c2ccc(N3CCCC(CCc4cccc(C(F)(F)F)c4)(N(C)CC4CN(C)C4)C3)cc2F)c(OC)c1. The smallest absolute Gasteiger partial charge is 0.416 e. The first-order chi connectivity index (χ1) is 25.7. The quantitative estimate of drug-likeness (QED) is 0.133. The van der Waals surface area contributed by atoms with Crippen molar-refractivity contribution in [1.82, 2.24) is 19.8 Å². The molecule has 0 aliphatic carbocycles. The van der Waals surface area contributed by atoms with Crippen LogP contribution in [0.3, 0.4) is 0 Å². The number of likely N-dealkylation sites (tertiary alicyclic amines) is 1. The molecular weight excluding hydrogens is 725 g/mol. The van der Waals surface area contributed by atoms with Crippen LogP contribution in [0, 0.1) is 11.7 Å². The minimum atomic E-state index is -4.50. The second-order valence-corrected chi connectivity index (χ2v) is 16.1. The van der Waals surface area contributed by atoms with Crippen molar-refractivity contribution in [2.24, 2.45) is 5.92 Å². The molecule has 1 atom stereocenters. The fraction of sp³-hybridized carbons (Fsp3) is 0.436. The lowest BCUT2D eigenvalue weighted by Gasteiger charge is -2.51. The van der Waals surface area contributed by atoms with Crippen molar-refractivity contribution in [3.63, 3.8) is 0 Å². The van der Waals surface area contributed by atoms with E-state index in [9.17, 15) is 21.6 Å². The molecule has 0 bridgehead atoms. The van der Waals surface area contributed by atoms with Gasteiger partial charge in [-0.3, -0.25) is 4.90 Å². The van der Waals surface area contributed by atoms with Gasteiger partial charge in [-0.2, -0.15) is 13.2 Å². The zero-order valence-corrected chi connectivity index (χ0v) is 31.7. The van der Waals surface area contributed by atoms with Crippen LogP contribution in [0.25, 0.3) is 0 Å². The molecule has 2 aliphatic rings. The van der Waals surface area contributed by atoms with Crippen molar-refractivity contribution >= 4 is 21.5 Å². The third kappa shape index (κ3) is 8.58. The third-order valence-corrected chi connectivity index (χ3v) is 12.4. The van der Waals surface area contributed by atoms with E-state index in [-0.39, 0.29) is 12.4 Å². The summed E-state index contributed by atoms with van der Waals surface area (Å²) < 4.78 is 97.3. The zero-order chi connectivity index (χ0) is 38.7. The monoisotopic (exact) mass is 770 g/mol. The van der Waals surface area contributed by atoms with Crippen LogP contribution in [0.1, 0.15) is 36.0 Å². The molecule has 290 valence electrons. The molecule has 0 radical (unpaired) electrons. The lowest BCUT2D eigenvalue weighted by molar-refractivity contribution is -0.137. The number of hydrogen-bond acceptors (Lipinski definition) is 9. The summed E-state index contributed by atoms with van der Waals surface area (Å²) in [6.07, 6.45) is 0.825. The normalized spacial score (nSPS) is 18.4. The fourth-order valence-electron chi connectivity index (χ4n) is 7.72. The van der Waals surface area contributed by atoms with Crippen molar-refractivity contribution in [2.75, 3.05) is 70.2 Å². The van der Waals surface area contributed by atoms with E-state index < -0.39 is 38.0 Å². The molecule has 0 saturated carbocycles. The van der Waals surface area contributed by atoms with E-state index in [1.165, 1.54) is 57.1 Å². The van der Waals surface area contributed by atoms with Crippen molar-refractivity contribution in [3.05, 3.63) is 102 Å². The molecule has 1 aromatic heterocycles. The van der Waals surface area contributed by atoms with Crippen LogP contribution in [-0.4, -0.2) is 94.8 Å². The molecule has 10 nitrogen and oxygen atoms in total. The van der Waals surface area contributed by atoms with Crippen LogP contribution < -0.4 is 18.7 Å². The van der Waals surface area contributed by atoms with E-state index in [0.29, 0.717) is 60.2 Å². The maximum atomic E-state index is 16.3. The number of nitrogens with zero attached hydrogens (tertiary/aromatic N) is 6. The number of alkyl halides is 3. The number of piperidine rings is 1. The molecule has 2 aliphatic heterocycles. The van der Waals surface area contributed by atoms with Gasteiger partial charge < -0.3 is 19.3 Å². The summed E-state index contributed by atoms with van der Waals surface area (Å²) in [5, 5.41) is 0. The predicted molar refractivity (Wildman–Crippen MR) is 199 cm³/mol. The fourth-order valence-corrected chi connectivity index (χ4v) is 9.16. The molecule has 54 heavy (non-hydrogen) atoms. The Balaban J connectivity index is 1.28. The van der Waals surface area contributed by atoms with Crippen molar-refractivity contribution in [3.8, 4) is 11.5 Å². The number of ether oxygens (including phenoxy) is 2. The third-order valence-electron chi connectivity index (χ3n) is 10.6. The minimum Gasteiger partial charge on any atom is -0.497 e. The maximum Gasteiger partial charge on any atom is 0.416 e. The summed E-state index contributed by atoms with van der Waals surface area (Å²) in [4.78, 5) is 14.2. The summed E-state index contributed by atoms with van der Waals surface area (Å²) in [5.41, 5.74) is 0.557. The first-order valence-corrected chi connectivity index (χ1v) is 19.3. The van der Waals surface area contributed by atoms with Crippen molar-refractivity contribution in [2.45, 2.75) is 48.8 Å². The molecule has 1 unspecified atom stereocenters. The van der Waals surface area contributed by atoms with Crippen LogP contribution >= 0.6 is 0 Å². The summed E-state index contributed by atoms with van der Waals surface area (Å²) in [7, 11) is 2.61. The van der Waals surface area contributed by atoms with Crippen molar-refractivity contribution < 1.29 is 35.5 Å². The van der Waals surface area contributed by atoms with E-state index in [0.717, 1.165) is 42.8 Å². The second-order valence-electron chi connectivity index (χ2n) is 14.3. The van der Waals surface area contributed by atoms with Crippen LogP contribution in [0.4, 0.5) is 29.1 Å². The highest BCUT2D eigenvalue weighted by atomic mass is 32.2. The Labute approximate surface area is 314 Å². The molecule has 3 aromatic carbocycles. The van der Waals surface area contributed by atoms with Gasteiger partial charge in [0.2, 0.25) is 0 Å². The van der Waals surface area contributed by atoms with Crippen LogP contribution in [-0.2, 0) is 29.2 Å². The minimum absolute atomic E-state index is 0.0497. The number of benzene rings is 3. The van der Waals surface area contributed by atoms with Gasteiger partial charge in [0.25, 0.3) is 10.0 Å². The van der Waals surface area contributed by atoms with Gasteiger partial charge in [-0.1, -0.05) is 18.2 Å². The predicted octanol–water partition coefficient (Wildman–Crippen LogP) is 6.51. The van der Waals surface area contributed by atoms with Gasteiger partial charge >= 0.3 is 6.18 Å². The number of likely N-dealkylation sites (N-methyl/N-ethyl adjacent to an activating group) is 1. The van der Waals surface area contributed by atoms with E-state index in [2.05, 4.69) is 38.8 Å². The van der Waals surface area contributed by atoms with Gasteiger partial charge in [-0.15, -0.1) is 0 Å². The molecule has 15 heteroatoms. The maximum absolute atomic E-state index is 16.3. The molecular formula is C39H46F4N6O4S. The number of aromatic nitrogens is 2. The Morgan fingerprint density at radius 3 is 2.48 bits per heavy atom. The molecule has 4 aromatic rings. The summed E-state index contributed by atoms with van der Waals surface area (Å²) >= 11 is 0. The number of aryl methyl sites for hydroxylation is 1. The van der Waals surface area contributed by atoms with Gasteiger partial charge in [-0.25, -0.2) is 27.1 Å². The van der Waals surface area contributed by atoms with Crippen LogP contribution in [0.15, 0.2) is 84.1 Å². The molecule has 2 saturated heterocycles. The van der Waals surface area contributed by atoms with Crippen LogP contribution in [0.2, 0.25) is 0 Å². The number of rotatable bonds is 14. The highest BCUT2D eigenvalue weighted by Crippen LogP contribution is 2.38. The number of methoxy groups -OCH3 is 2. The van der Waals surface area contributed by atoms with Gasteiger partial charge in [0.15, 0.2) is 0 Å². The highest BCUT2D eigenvalue weighted by molar-refractivity contribution is 7.92. The summed E-state index contributed by atoms with van der Waals surface area (Å²) in [6.45, 7) is 3.66. The summed E-state index contributed by atoms with van der Waals surface area (Å²) in [6, 6.07) is 16.1. The Bertz CT molecular complexity index is 2020. The van der Waals surface area contributed by atoms with Gasteiger partial charge in [0.1, 0.15) is 34.4 Å². The average Bonchev–Trinajstić information content (AvgIpc) is 3.15. The Kier molecular flexibility index (Phi) is 11.7. The van der Waals surface area contributed by atoms with Crippen molar-refractivity contribution in [1.29, 1.82) is 0 Å². The van der Waals surface area contributed by atoms with Gasteiger partial charge in [0.05, 0.1) is 26.3 Å². The first-order valence-electron chi connectivity index (χ1n) is 17.8. The van der Waals surface area contributed by atoms with E-state index in [1.54, 1.807) is 30.3 Å². The average molecular weight is 771 g/mol. The van der Waals surface area contributed by atoms with E-state index >= 15 is 4.39 Å². The second kappa shape index (κ2) is 16.1. The van der Waals surface area contributed by atoms with Crippen LogP contribution in [0.5, 0.6) is 11.5 Å². The largest absolute Gasteiger partial charge is 0.497 e. The molecule has 3 heterocycles. The Morgan fingerprint density at radius 2 is 1.81 bits per heavy atom. The number of sulfonamides is 1. The Hall–Kier alpha value is -4.47. The van der Waals surface area contributed by atoms with Gasteiger partial charge in [-0.05, 0) is 87.7 Å². The lowest BCUT2D eigenvalue weighted by Crippen LogP contribution is -2.61. The lowest BCUT2D eigenvalue weighted by atomic mass is 9.81. The van der Waals surface area contributed by atoms with E-state index in [1.807, 2.05) is 0 Å². The standard InChI is InChI=1S/C39H46F4N6O4S/c1-46-22-29(23-46)24-47(2)38(16-13-28-7-5-8-31(19-28)39(41,42)43)15-6-18-48(26-38)32-10-12-36(34(40)20-32)54(50,51)49(37-14-17-44-27-45-37)25-30-9-11-33(52-3)21-35(30)53-4/h5,7-12,14,17,19-21,27,29H,6,13,15-16,18,22-26H2,1-4H3. The number of hydrogen-bond donors (Lipinski definition) is 0. The van der Waals surface area contributed by atoms with Gasteiger partial charge in [0, 0.05) is 67.8 Å². The number of halogens is 4. The molecule has 0 amide bonds. The molecule has 2 fully saturated rings. The molecule has 6 rings (SSSR count). The highest BCUT2D eigenvalue weighted by Gasteiger charge is 2.41. The van der Waals surface area contributed by atoms with E-state index in [4.69, 9.17) is 9.47 Å². The topological polar surface area (TPSA) is 91.3 Å². The molecule has 0 spiro atoms.